The van der Waals surface area contributed by atoms with Gasteiger partial charge in [-0.15, -0.1) is 0 Å². The minimum atomic E-state index is 0.873. The third kappa shape index (κ3) is 4.14. The van der Waals surface area contributed by atoms with Crippen LogP contribution in [0.2, 0.25) is 0 Å². The predicted octanol–water partition coefficient (Wildman–Crippen LogP) is 12.9. The lowest BCUT2D eigenvalue weighted by Crippen LogP contribution is -2.09. The lowest BCUT2D eigenvalue weighted by molar-refractivity contribution is 0.669. The van der Waals surface area contributed by atoms with Crippen LogP contribution in [-0.2, 0) is 0 Å². The van der Waals surface area contributed by atoms with E-state index in [0.717, 1.165) is 77.5 Å². The molecule has 0 atom stereocenters. The normalized spacial score (nSPS) is 11.8. The van der Waals surface area contributed by atoms with Gasteiger partial charge in [0.1, 0.15) is 22.3 Å². The summed E-state index contributed by atoms with van der Waals surface area (Å²) in [7, 11) is 0. The monoisotopic (exact) mass is 601 g/mol. The molecule has 0 spiro atoms. The first-order chi connectivity index (χ1) is 23.3. The van der Waals surface area contributed by atoms with E-state index < -0.39 is 0 Å². The zero-order chi connectivity index (χ0) is 30.9. The van der Waals surface area contributed by atoms with Gasteiger partial charge in [-0.05, 0) is 99.4 Å². The zero-order valence-electron chi connectivity index (χ0n) is 25.4. The molecule has 3 nitrogen and oxygen atoms in total. The molecule has 10 aromatic rings. The molecule has 8 aromatic carbocycles. The van der Waals surface area contributed by atoms with Crippen molar-refractivity contribution in [2.24, 2.45) is 0 Å². The molecule has 0 N–H and O–H groups in total. The molecular formula is C44H27NO2. The highest BCUT2D eigenvalue weighted by atomic mass is 16.3. The van der Waals surface area contributed by atoms with Crippen molar-refractivity contribution in [1.29, 1.82) is 0 Å². The van der Waals surface area contributed by atoms with E-state index in [-0.39, 0.29) is 0 Å². The molecule has 0 bridgehead atoms. The average molecular weight is 602 g/mol. The second kappa shape index (κ2) is 10.1. The summed E-state index contributed by atoms with van der Waals surface area (Å²) in [5.74, 6) is 0. The van der Waals surface area contributed by atoms with E-state index >= 15 is 0 Å². The van der Waals surface area contributed by atoms with E-state index in [1.165, 1.54) is 16.2 Å². The quantitative estimate of drug-likeness (QED) is 0.201. The Kier molecular flexibility index (Phi) is 5.57. The molecule has 0 radical (unpaired) electrons. The number of hydrogen-bond donors (Lipinski definition) is 0. The first-order valence-electron chi connectivity index (χ1n) is 15.9. The van der Waals surface area contributed by atoms with E-state index in [9.17, 15) is 0 Å². The largest absolute Gasteiger partial charge is 0.456 e. The first-order valence-corrected chi connectivity index (χ1v) is 15.9. The van der Waals surface area contributed by atoms with Gasteiger partial charge in [0.25, 0.3) is 0 Å². The van der Waals surface area contributed by atoms with Crippen molar-refractivity contribution < 1.29 is 8.83 Å². The molecule has 3 heteroatoms. The molecular weight excluding hydrogens is 574 g/mol. The van der Waals surface area contributed by atoms with Crippen LogP contribution >= 0.6 is 0 Å². The van der Waals surface area contributed by atoms with Crippen molar-refractivity contribution in [2.75, 3.05) is 4.90 Å². The van der Waals surface area contributed by atoms with Gasteiger partial charge in [-0.2, -0.15) is 0 Å². The van der Waals surface area contributed by atoms with Gasteiger partial charge in [-0.25, -0.2) is 0 Å². The minimum absolute atomic E-state index is 0.873. The molecule has 0 aliphatic carbocycles. The van der Waals surface area contributed by atoms with Gasteiger partial charge in [0.2, 0.25) is 0 Å². The number of fused-ring (bicyclic) bond motifs is 9. The van der Waals surface area contributed by atoms with E-state index in [2.05, 4.69) is 157 Å². The Morgan fingerprint density at radius 2 is 1.04 bits per heavy atom. The number of nitrogens with zero attached hydrogens (tertiary/aromatic N) is 1. The van der Waals surface area contributed by atoms with Crippen molar-refractivity contribution in [3.63, 3.8) is 0 Å². The maximum absolute atomic E-state index is 6.47. The Balaban J connectivity index is 1.10. The summed E-state index contributed by atoms with van der Waals surface area (Å²) in [5, 5.41) is 9.35. The Hall–Kier alpha value is -6.32. The van der Waals surface area contributed by atoms with Crippen LogP contribution in [0.4, 0.5) is 17.1 Å². The molecule has 0 fully saturated rings. The van der Waals surface area contributed by atoms with Crippen LogP contribution in [0.5, 0.6) is 0 Å². The third-order valence-electron chi connectivity index (χ3n) is 9.39. The van der Waals surface area contributed by atoms with Crippen molar-refractivity contribution in [1.82, 2.24) is 0 Å². The molecule has 0 aliphatic rings. The Morgan fingerprint density at radius 1 is 0.319 bits per heavy atom. The topological polar surface area (TPSA) is 29.5 Å². The predicted molar refractivity (Wildman–Crippen MR) is 196 cm³/mol. The smallest absolute Gasteiger partial charge is 0.137 e. The van der Waals surface area contributed by atoms with Crippen LogP contribution in [0.25, 0.3) is 76.5 Å². The van der Waals surface area contributed by atoms with Crippen molar-refractivity contribution in [2.45, 2.75) is 0 Å². The standard InChI is InChI=1S/C44H27NO2/c1-2-11-33(12-3-1)45(35-20-21-38-43(27-35)47-41-22-19-28-9-4-5-14-36(28)44(38)41)34-13-8-10-29(24-34)30-17-18-31-25-39-37-15-6-7-16-40(37)46-42(39)26-32(31)23-30/h1-27H. The van der Waals surface area contributed by atoms with Crippen LogP contribution in [0.1, 0.15) is 0 Å². The molecule has 10 rings (SSSR count). The summed E-state index contributed by atoms with van der Waals surface area (Å²) >= 11 is 0. The lowest BCUT2D eigenvalue weighted by atomic mass is 9.99. The van der Waals surface area contributed by atoms with Gasteiger partial charge in [-0.3, -0.25) is 0 Å². The highest BCUT2D eigenvalue weighted by Gasteiger charge is 2.17. The van der Waals surface area contributed by atoms with Crippen LogP contribution < -0.4 is 4.90 Å². The summed E-state index contributed by atoms with van der Waals surface area (Å²) in [5.41, 5.74) is 9.09. The zero-order valence-corrected chi connectivity index (χ0v) is 25.4. The van der Waals surface area contributed by atoms with Gasteiger partial charge in [0.05, 0.1) is 0 Å². The van der Waals surface area contributed by atoms with Crippen LogP contribution in [0, 0.1) is 0 Å². The number of benzene rings is 8. The van der Waals surface area contributed by atoms with E-state index in [1.54, 1.807) is 0 Å². The molecule has 47 heavy (non-hydrogen) atoms. The average Bonchev–Trinajstić information content (AvgIpc) is 3.69. The fourth-order valence-electron chi connectivity index (χ4n) is 7.17. The summed E-state index contributed by atoms with van der Waals surface area (Å²) < 4.78 is 12.7. The fourth-order valence-corrected chi connectivity index (χ4v) is 7.17. The molecule has 220 valence electrons. The Bertz CT molecular complexity index is 2810. The Morgan fingerprint density at radius 3 is 1.98 bits per heavy atom. The van der Waals surface area contributed by atoms with Crippen LogP contribution in [-0.4, -0.2) is 0 Å². The van der Waals surface area contributed by atoms with Gasteiger partial charge in [-0.1, -0.05) is 91.0 Å². The minimum Gasteiger partial charge on any atom is -0.456 e. The van der Waals surface area contributed by atoms with Crippen molar-refractivity contribution >= 4 is 82.5 Å². The van der Waals surface area contributed by atoms with Gasteiger partial charge in [0.15, 0.2) is 0 Å². The molecule has 0 amide bonds. The molecule has 0 saturated heterocycles. The highest BCUT2D eigenvalue weighted by molar-refractivity contribution is 6.19. The summed E-state index contributed by atoms with van der Waals surface area (Å²) in [6, 6.07) is 57.9. The molecule has 0 aliphatic heterocycles. The number of anilines is 3. The molecule has 2 aromatic heterocycles. The van der Waals surface area contributed by atoms with Crippen LogP contribution in [0.3, 0.4) is 0 Å². The van der Waals surface area contributed by atoms with E-state index in [4.69, 9.17) is 8.83 Å². The van der Waals surface area contributed by atoms with E-state index in [0.29, 0.717) is 0 Å². The maximum Gasteiger partial charge on any atom is 0.137 e. The highest BCUT2D eigenvalue weighted by Crippen LogP contribution is 2.41. The molecule has 0 saturated carbocycles. The van der Waals surface area contributed by atoms with Gasteiger partial charge < -0.3 is 13.7 Å². The van der Waals surface area contributed by atoms with Crippen LogP contribution in [0.15, 0.2) is 173 Å². The maximum atomic E-state index is 6.47. The summed E-state index contributed by atoms with van der Waals surface area (Å²) in [6.45, 7) is 0. The molecule has 2 heterocycles. The second-order valence-corrected chi connectivity index (χ2v) is 12.2. The number of para-hydroxylation sites is 2. The van der Waals surface area contributed by atoms with Gasteiger partial charge in [0, 0.05) is 44.7 Å². The lowest BCUT2D eigenvalue weighted by Gasteiger charge is -2.26. The van der Waals surface area contributed by atoms with E-state index in [1.807, 2.05) is 12.1 Å². The van der Waals surface area contributed by atoms with Crippen molar-refractivity contribution in [3.8, 4) is 11.1 Å². The third-order valence-corrected chi connectivity index (χ3v) is 9.39. The molecule has 0 unspecified atom stereocenters. The summed E-state index contributed by atoms with van der Waals surface area (Å²) in [4.78, 5) is 2.30. The number of furan rings is 2. The Labute approximate surface area is 270 Å². The second-order valence-electron chi connectivity index (χ2n) is 12.2. The SMILES string of the molecule is c1ccc(N(c2cccc(-c3ccc4cc5c(cc4c3)oc3ccccc35)c2)c2ccc3c(c2)oc2ccc4ccccc4c23)cc1. The van der Waals surface area contributed by atoms with Crippen molar-refractivity contribution in [3.05, 3.63) is 164 Å². The summed E-state index contributed by atoms with van der Waals surface area (Å²) in [6.07, 6.45) is 0. The van der Waals surface area contributed by atoms with Gasteiger partial charge >= 0.3 is 0 Å². The first kappa shape index (κ1) is 26.0. The number of hydrogen-bond acceptors (Lipinski definition) is 3. The number of rotatable bonds is 4. The fraction of sp³-hybridized carbons (Fsp3) is 0.